The second kappa shape index (κ2) is 45.9. The van der Waals surface area contributed by atoms with Gasteiger partial charge in [-0.2, -0.15) is 0 Å². The molecule has 0 aliphatic carbocycles. The molecule has 0 saturated heterocycles. The van der Waals surface area contributed by atoms with Crippen LogP contribution >= 0.6 is 7.82 Å². The van der Waals surface area contributed by atoms with Gasteiger partial charge in [-0.25, -0.2) is 4.57 Å². The van der Waals surface area contributed by atoms with Crippen LogP contribution in [0, 0.1) is 0 Å². The third-order valence-electron chi connectivity index (χ3n) is 11.3. The number of carbonyl (C=O) groups is 2. The summed E-state index contributed by atoms with van der Waals surface area (Å²) in [7, 11) is 1.46. The molecule has 0 bridgehead atoms. The molecule has 0 rings (SSSR count). The summed E-state index contributed by atoms with van der Waals surface area (Å²) in [5, 5.41) is 3.02. The maximum Gasteiger partial charge on any atom is 0.472 e. The van der Waals surface area contributed by atoms with E-state index in [4.69, 9.17) is 13.8 Å². The number of quaternary nitrogens is 1. The predicted octanol–water partition coefficient (Wildman–Crippen LogP) is 15.5. The first-order valence-electron chi connectivity index (χ1n) is 26.5. The van der Waals surface area contributed by atoms with Gasteiger partial charge < -0.3 is 19.4 Å². The minimum atomic E-state index is -4.45. The summed E-state index contributed by atoms with van der Waals surface area (Å²) in [6.45, 7) is 6.80. The maximum absolute atomic E-state index is 13.4. The van der Waals surface area contributed by atoms with Crippen molar-refractivity contribution in [2.75, 3.05) is 40.9 Å². The van der Waals surface area contributed by atoms with Crippen molar-refractivity contribution in [1.29, 1.82) is 0 Å². The normalized spacial score (nSPS) is 14.6. The zero-order valence-electron chi connectivity index (χ0n) is 43.2. The van der Waals surface area contributed by atoms with Gasteiger partial charge >= 0.3 is 13.8 Å². The molecule has 66 heavy (non-hydrogen) atoms. The van der Waals surface area contributed by atoms with Gasteiger partial charge in [0.1, 0.15) is 19.3 Å². The van der Waals surface area contributed by atoms with Crippen LogP contribution in [-0.4, -0.2) is 74.3 Å². The van der Waals surface area contributed by atoms with Crippen LogP contribution < -0.4 is 5.32 Å². The van der Waals surface area contributed by atoms with E-state index < -0.39 is 20.0 Å². The van der Waals surface area contributed by atoms with Crippen molar-refractivity contribution < 1.29 is 37.3 Å². The number of hydrogen-bond donors (Lipinski definition) is 2. The topological polar surface area (TPSA) is 111 Å². The first-order chi connectivity index (χ1) is 31.9. The van der Waals surface area contributed by atoms with E-state index in [2.05, 4.69) is 38.2 Å². The molecule has 3 unspecified atom stereocenters. The van der Waals surface area contributed by atoms with Gasteiger partial charge in [0.25, 0.3) is 0 Å². The van der Waals surface area contributed by atoms with Crippen LogP contribution in [0.3, 0.4) is 0 Å². The highest BCUT2D eigenvalue weighted by molar-refractivity contribution is 7.47. The van der Waals surface area contributed by atoms with Crippen LogP contribution in [-0.2, 0) is 27.9 Å². The van der Waals surface area contributed by atoms with Crippen LogP contribution in [0.25, 0.3) is 0 Å². The molecule has 0 aliphatic heterocycles. The summed E-state index contributed by atoms with van der Waals surface area (Å²) < 4.78 is 30.5. The number of hydrogen-bond acceptors (Lipinski definition) is 6. The smallest absolute Gasteiger partial charge is 0.456 e. The van der Waals surface area contributed by atoms with Crippen LogP contribution in [0.1, 0.15) is 207 Å². The average molecular weight is 944 g/mol. The Morgan fingerprint density at radius 2 is 0.970 bits per heavy atom. The highest BCUT2D eigenvalue weighted by Gasteiger charge is 2.30. The van der Waals surface area contributed by atoms with Gasteiger partial charge in [-0.1, -0.05) is 228 Å². The van der Waals surface area contributed by atoms with E-state index in [1.54, 1.807) is 0 Å². The summed E-state index contributed by atoms with van der Waals surface area (Å²) in [6.07, 6.45) is 58.6. The third-order valence-corrected chi connectivity index (χ3v) is 12.2. The Bertz CT molecular complexity index is 1410. The number of likely N-dealkylation sites (N-methyl/N-ethyl adjacent to an activating group) is 1. The molecule has 2 N–H and O–H groups in total. The standard InChI is InChI=1S/C56H99N2O7P/c1-7-10-13-16-19-22-25-27-28-29-30-31-34-37-40-43-46-49-56(60)65-54(47-44-41-38-35-33-26-23-20-17-14-11-8-2)53(52-64-66(61,62)63-51-50-58(4,5)6)57-55(59)48-45-42-39-36-32-24-21-18-15-12-9-3/h10,13,16,19,22,25,27-31,34,44,47,53-54H,7-9,11-12,14-15,17-18,20-21,23-24,26,32-33,35-43,45-46,48-52H2,1-6H3,(H-,57,59,61,62)/p+1/b13-10-,19-16+,25-22+,28-27-,30-29+,34-31+,47-44+. The zero-order chi connectivity index (χ0) is 48.7. The quantitative estimate of drug-likeness (QED) is 0.0156. The van der Waals surface area contributed by atoms with Crippen molar-refractivity contribution >= 4 is 19.7 Å². The third kappa shape index (κ3) is 46.3. The lowest BCUT2D eigenvalue weighted by Gasteiger charge is -2.27. The van der Waals surface area contributed by atoms with E-state index >= 15 is 0 Å². The van der Waals surface area contributed by atoms with Gasteiger partial charge in [-0.3, -0.25) is 18.6 Å². The molecule has 9 nitrogen and oxygen atoms in total. The SMILES string of the molecule is CC\C=C/C=C/C=C/C=C\C=C\C=C\CCCCCC(=O)OC(/C=C/CCCCCCCCCCCC)C(COP(=O)(O)OCC[N+](C)(C)C)NC(=O)CCCCCCCCCCCCC. The summed E-state index contributed by atoms with van der Waals surface area (Å²) in [5.74, 6) is -0.562. The number of phosphoric ester groups is 1. The molecule has 0 saturated carbocycles. The van der Waals surface area contributed by atoms with Crippen LogP contribution in [0.15, 0.2) is 85.1 Å². The van der Waals surface area contributed by atoms with Crippen LogP contribution in [0.2, 0.25) is 0 Å². The fourth-order valence-electron chi connectivity index (χ4n) is 7.15. The van der Waals surface area contributed by atoms with E-state index in [1.165, 1.54) is 103 Å². The highest BCUT2D eigenvalue weighted by atomic mass is 31.2. The molecule has 0 aromatic rings. The number of unbranched alkanes of at least 4 members (excludes halogenated alkanes) is 23. The minimum Gasteiger partial charge on any atom is -0.456 e. The van der Waals surface area contributed by atoms with Crippen molar-refractivity contribution in [3.8, 4) is 0 Å². The van der Waals surface area contributed by atoms with Gasteiger partial charge in [0.2, 0.25) is 5.91 Å². The summed E-state index contributed by atoms with van der Waals surface area (Å²) in [5.41, 5.74) is 0. The summed E-state index contributed by atoms with van der Waals surface area (Å²) in [4.78, 5) is 37.4. The molecule has 0 spiro atoms. The maximum atomic E-state index is 13.4. The van der Waals surface area contributed by atoms with Gasteiger partial charge in [0.15, 0.2) is 0 Å². The Morgan fingerprint density at radius 3 is 1.47 bits per heavy atom. The molecular weight excluding hydrogens is 844 g/mol. The van der Waals surface area contributed by atoms with E-state index in [0.29, 0.717) is 23.9 Å². The second-order valence-corrected chi connectivity index (χ2v) is 20.3. The fourth-order valence-corrected chi connectivity index (χ4v) is 7.88. The Kier molecular flexibility index (Phi) is 44.0. The van der Waals surface area contributed by atoms with Gasteiger partial charge in [0, 0.05) is 12.8 Å². The Hall–Kier alpha value is -2.81. The van der Waals surface area contributed by atoms with Gasteiger partial charge in [-0.05, 0) is 51.0 Å². The second-order valence-electron chi connectivity index (χ2n) is 18.8. The van der Waals surface area contributed by atoms with E-state index in [-0.39, 0.29) is 31.5 Å². The van der Waals surface area contributed by atoms with Crippen molar-refractivity contribution in [1.82, 2.24) is 5.32 Å². The zero-order valence-corrected chi connectivity index (χ0v) is 44.1. The molecule has 0 aromatic carbocycles. The molecule has 0 aliphatic rings. The van der Waals surface area contributed by atoms with E-state index in [1.807, 2.05) is 94.1 Å². The minimum absolute atomic E-state index is 0.0297. The van der Waals surface area contributed by atoms with Gasteiger partial charge in [-0.15, -0.1) is 0 Å². The largest absolute Gasteiger partial charge is 0.472 e. The fraction of sp³-hybridized carbons (Fsp3) is 0.714. The Labute approximate surface area is 406 Å². The number of rotatable bonds is 46. The lowest BCUT2D eigenvalue weighted by atomic mass is 10.0. The first-order valence-corrected chi connectivity index (χ1v) is 28.0. The molecule has 0 heterocycles. The number of ether oxygens (including phenoxy) is 1. The molecular formula is C56H100N2O7P+. The molecule has 1 amide bonds. The molecule has 0 aromatic heterocycles. The van der Waals surface area contributed by atoms with Crippen molar-refractivity contribution in [3.63, 3.8) is 0 Å². The molecule has 0 radical (unpaired) electrons. The number of amides is 1. The number of nitrogens with zero attached hydrogens (tertiary/aromatic N) is 1. The van der Waals surface area contributed by atoms with E-state index in [0.717, 1.165) is 64.2 Å². The molecule has 3 atom stereocenters. The number of phosphoric acid groups is 1. The summed E-state index contributed by atoms with van der Waals surface area (Å²) in [6, 6.07) is -0.866. The molecule has 10 heteroatoms. The average Bonchev–Trinajstić information content (AvgIpc) is 3.27. The molecule has 0 fully saturated rings. The van der Waals surface area contributed by atoms with Crippen LogP contribution in [0.4, 0.5) is 0 Å². The van der Waals surface area contributed by atoms with Crippen LogP contribution in [0.5, 0.6) is 0 Å². The monoisotopic (exact) mass is 944 g/mol. The lowest BCUT2D eigenvalue weighted by Crippen LogP contribution is -2.47. The number of nitrogens with one attached hydrogen (secondary N) is 1. The number of allylic oxidation sites excluding steroid dienone is 13. The number of carbonyl (C=O) groups excluding carboxylic acids is 2. The van der Waals surface area contributed by atoms with Crippen molar-refractivity contribution in [3.05, 3.63) is 85.1 Å². The predicted molar refractivity (Wildman–Crippen MR) is 281 cm³/mol. The Morgan fingerprint density at radius 1 is 0.545 bits per heavy atom. The molecule has 380 valence electrons. The van der Waals surface area contributed by atoms with Crippen molar-refractivity contribution in [2.45, 2.75) is 219 Å². The van der Waals surface area contributed by atoms with E-state index in [9.17, 15) is 19.0 Å². The Balaban J connectivity index is 5.51. The first kappa shape index (κ1) is 63.2. The lowest BCUT2D eigenvalue weighted by molar-refractivity contribution is -0.870. The van der Waals surface area contributed by atoms with Gasteiger partial charge in [0.05, 0.1) is 33.8 Å². The van der Waals surface area contributed by atoms with Crippen molar-refractivity contribution in [2.24, 2.45) is 0 Å². The highest BCUT2D eigenvalue weighted by Crippen LogP contribution is 2.43. The number of esters is 1. The summed E-state index contributed by atoms with van der Waals surface area (Å²) >= 11 is 0.